The lowest BCUT2D eigenvalue weighted by Gasteiger charge is -2.13. The minimum absolute atomic E-state index is 0.301. The SMILES string of the molecule is CC(C)(C#N)Cc1c[nH]c2ccccc12. The summed E-state index contributed by atoms with van der Waals surface area (Å²) in [6.45, 7) is 3.93. The second-order valence-electron chi connectivity index (χ2n) is 4.53. The van der Waals surface area contributed by atoms with Gasteiger partial charge in [0.05, 0.1) is 11.5 Å². The van der Waals surface area contributed by atoms with Crippen molar-refractivity contribution >= 4 is 10.9 Å². The fourth-order valence-corrected chi connectivity index (χ4v) is 1.79. The number of aromatic amines is 1. The number of nitrogens with one attached hydrogen (secondary N) is 1. The molecule has 0 bridgehead atoms. The Balaban J connectivity index is 2.42. The van der Waals surface area contributed by atoms with E-state index in [9.17, 15) is 0 Å². The van der Waals surface area contributed by atoms with Gasteiger partial charge >= 0.3 is 0 Å². The Kier molecular flexibility index (Phi) is 2.24. The van der Waals surface area contributed by atoms with E-state index >= 15 is 0 Å². The zero-order valence-corrected chi connectivity index (χ0v) is 9.04. The summed E-state index contributed by atoms with van der Waals surface area (Å²) in [5.74, 6) is 0. The van der Waals surface area contributed by atoms with Gasteiger partial charge in [-0.3, -0.25) is 0 Å². The smallest absolute Gasteiger partial charge is 0.0687 e. The maximum absolute atomic E-state index is 9.00. The quantitative estimate of drug-likeness (QED) is 0.790. The number of H-pyrrole nitrogens is 1. The molecule has 0 saturated carbocycles. The average molecular weight is 198 g/mol. The molecule has 0 aliphatic carbocycles. The van der Waals surface area contributed by atoms with Gasteiger partial charge in [-0.2, -0.15) is 5.26 Å². The Hall–Kier alpha value is -1.75. The zero-order chi connectivity index (χ0) is 10.9. The van der Waals surface area contributed by atoms with Crippen molar-refractivity contribution in [1.82, 2.24) is 4.98 Å². The van der Waals surface area contributed by atoms with Crippen LogP contribution in [0.3, 0.4) is 0 Å². The summed E-state index contributed by atoms with van der Waals surface area (Å²) in [4.78, 5) is 3.23. The number of benzene rings is 1. The molecule has 2 aromatic rings. The molecule has 2 rings (SSSR count). The first-order chi connectivity index (χ1) is 7.12. The number of hydrogen-bond donors (Lipinski definition) is 1. The standard InChI is InChI=1S/C13H14N2/c1-13(2,9-14)7-10-8-15-12-6-4-3-5-11(10)12/h3-6,8,15H,7H2,1-2H3. The van der Waals surface area contributed by atoms with Crippen molar-refractivity contribution in [1.29, 1.82) is 5.26 Å². The monoisotopic (exact) mass is 198 g/mol. The third-order valence-electron chi connectivity index (χ3n) is 2.61. The summed E-state index contributed by atoms with van der Waals surface area (Å²) >= 11 is 0. The molecule has 1 N–H and O–H groups in total. The topological polar surface area (TPSA) is 39.6 Å². The van der Waals surface area contributed by atoms with E-state index in [0.717, 1.165) is 11.9 Å². The molecule has 0 unspecified atom stereocenters. The van der Waals surface area contributed by atoms with Crippen LogP contribution in [0.2, 0.25) is 0 Å². The van der Waals surface area contributed by atoms with Crippen LogP contribution < -0.4 is 0 Å². The van der Waals surface area contributed by atoms with E-state index in [4.69, 9.17) is 5.26 Å². The lowest BCUT2D eigenvalue weighted by atomic mass is 9.87. The van der Waals surface area contributed by atoms with Gasteiger partial charge in [-0.05, 0) is 31.9 Å². The highest BCUT2D eigenvalue weighted by atomic mass is 14.7. The number of para-hydroxylation sites is 1. The molecule has 1 aromatic heterocycles. The molecule has 2 heteroatoms. The van der Waals surface area contributed by atoms with E-state index in [0.29, 0.717) is 0 Å². The van der Waals surface area contributed by atoms with Crippen LogP contribution in [0.5, 0.6) is 0 Å². The maximum Gasteiger partial charge on any atom is 0.0687 e. The molecule has 0 radical (unpaired) electrons. The van der Waals surface area contributed by atoms with Crippen LogP contribution in [0.15, 0.2) is 30.5 Å². The molecule has 15 heavy (non-hydrogen) atoms. The average Bonchev–Trinajstić information content (AvgIpc) is 2.62. The fraction of sp³-hybridized carbons (Fsp3) is 0.308. The summed E-state index contributed by atoms with van der Waals surface area (Å²) in [5, 5.41) is 10.2. The molecule has 2 nitrogen and oxygen atoms in total. The van der Waals surface area contributed by atoms with Gasteiger partial charge in [0.15, 0.2) is 0 Å². The van der Waals surface area contributed by atoms with Crippen LogP contribution in [0.25, 0.3) is 10.9 Å². The van der Waals surface area contributed by atoms with Crippen LogP contribution in [0, 0.1) is 16.7 Å². The van der Waals surface area contributed by atoms with E-state index in [-0.39, 0.29) is 5.41 Å². The van der Waals surface area contributed by atoms with Crippen LogP contribution >= 0.6 is 0 Å². The molecule has 1 aromatic carbocycles. The minimum atomic E-state index is -0.301. The van der Waals surface area contributed by atoms with E-state index < -0.39 is 0 Å². The summed E-state index contributed by atoms with van der Waals surface area (Å²) in [5.41, 5.74) is 2.06. The van der Waals surface area contributed by atoms with Gasteiger partial charge in [-0.15, -0.1) is 0 Å². The van der Waals surface area contributed by atoms with Crippen LogP contribution in [-0.2, 0) is 6.42 Å². The third-order valence-corrected chi connectivity index (χ3v) is 2.61. The predicted octanol–water partition coefficient (Wildman–Crippen LogP) is 3.26. The predicted molar refractivity (Wildman–Crippen MR) is 61.4 cm³/mol. The number of nitrogens with zero attached hydrogens (tertiary/aromatic N) is 1. The third kappa shape index (κ3) is 1.87. The molecule has 0 atom stereocenters. The molecule has 0 aliphatic rings. The summed E-state index contributed by atoms with van der Waals surface area (Å²) < 4.78 is 0. The molecule has 0 saturated heterocycles. The molecule has 0 spiro atoms. The van der Waals surface area contributed by atoms with Gasteiger partial charge in [0, 0.05) is 17.1 Å². The Morgan fingerprint density at radius 2 is 2.07 bits per heavy atom. The Morgan fingerprint density at radius 1 is 1.33 bits per heavy atom. The minimum Gasteiger partial charge on any atom is -0.361 e. The van der Waals surface area contributed by atoms with Crippen molar-refractivity contribution < 1.29 is 0 Å². The van der Waals surface area contributed by atoms with Crippen molar-refractivity contribution in [3.05, 3.63) is 36.0 Å². The first-order valence-electron chi connectivity index (χ1n) is 5.09. The second-order valence-corrected chi connectivity index (χ2v) is 4.53. The number of fused-ring (bicyclic) bond motifs is 1. The first kappa shape index (κ1) is 9.79. The molecule has 76 valence electrons. The molecule has 0 fully saturated rings. The summed E-state index contributed by atoms with van der Waals surface area (Å²) in [6.07, 6.45) is 2.79. The first-order valence-corrected chi connectivity index (χ1v) is 5.09. The van der Waals surface area contributed by atoms with Gasteiger partial charge in [-0.1, -0.05) is 18.2 Å². The van der Waals surface area contributed by atoms with Crippen molar-refractivity contribution in [2.24, 2.45) is 5.41 Å². The highest BCUT2D eigenvalue weighted by Gasteiger charge is 2.19. The number of hydrogen-bond acceptors (Lipinski definition) is 1. The van der Waals surface area contributed by atoms with E-state index in [2.05, 4.69) is 23.2 Å². The number of rotatable bonds is 2. The van der Waals surface area contributed by atoms with Gasteiger partial charge in [0.25, 0.3) is 0 Å². The Labute approximate surface area is 89.5 Å². The Morgan fingerprint density at radius 3 is 2.80 bits per heavy atom. The molecule has 0 amide bonds. The van der Waals surface area contributed by atoms with Gasteiger partial charge in [0.1, 0.15) is 0 Å². The van der Waals surface area contributed by atoms with Crippen molar-refractivity contribution in [2.75, 3.05) is 0 Å². The molecular weight excluding hydrogens is 184 g/mol. The van der Waals surface area contributed by atoms with Gasteiger partial charge < -0.3 is 4.98 Å². The van der Waals surface area contributed by atoms with Crippen molar-refractivity contribution in [3.8, 4) is 6.07 Å². The maximum atomic E-state index is 9.00. The van der Waals surface area contributed by atoms with Crippen LogP contribution in [0.1, 0.15) is 19.4 Å². The van der Waals surface area contributed by atoms with Crippen LogP contribution in [0.4, 0.5) is 0 Å². The van der Waals surface area contributed by atoms with Gasteiger partial charge in [-0.25, -0.2) is 0 Å². The number of nitriles is 1. The van der Waals surface area contributed by atoms with E-state index in [1.165, 1.54) is 10.9 Å². The van der Waals surface area contributed by atoms with E-state index in [1.807, 2.05) is 32.2 Å². The normalized spacial score (nSPS) is 11.5. The summed E-state index contributed by atoms with van der Waals surface area (Å²) in [6, 6.07) is 10.5. The van der Waals surface area contributed by atoms with Crippen molar-refractivity contribution in [3.63, 3.8) is 0 Å². The lowest BCUT2D eigenvalue weighted by Crippen LogP contribution is -2.11. The molecular formula is C13H14N2. The second kappa shape index (κ2) is 3.43. The summed E-state index contributed by atoms with van der Waals surface area (Å²) in [7, 11) is 0. The largest absolute Gasteiger partial charge is 0.361 e. The highest BCUT2D eigenvalue weighted by molar-refractivity contribution is 5.83. The molecule has 1 heterocycles. The molecule has 0 aliphatic heterocycles. The zero-order valence-electron chi connectivity index (χ0n) is 9.04. The number of aromatic nitrogens is 1. The Bertz CT molecular complexity index is 515. The lowest BCUT2D eigenvalue weighted by molar-refractivity contribution is 0.495. The highest BCUT2D eigenvalue weighted by Crippen LogP contribution is 2.26. The fourth-order valence-electron chi connectivity index (χ4n) is 1.79. The van der Waals surface area contributed by atoms with Crippen molar-refractivity contribution in [2.45, 2.75) is 20.3 Å². The van der Waals surface area contributed by atoms with Gasteiger partial charge in [0.2, 0.25) is 0 Å². The van der Waals surface area contributed by atoms with Crippen LogP contribution in [-0.4, -0.2) is 4.98 Å². The van der Waals surface area contributed by atoms with E-state index in [1.54, 1.807) is 0 Å².